The van der Waals surface area contributed by atoms with Crippen LogP contribution in [-0.4, -0.2) is 59.3 Å². The Morgan fingerprint density at radius 3 is 2.76 bits per heavy atom. The van der Waals surface area contributed by atoms with Gasteiger partial charge in [-0.05, 0) is 32.9 Å². The van der Waals surface area contributed by atoms with E-state index >= 15 is 0 Å². The van der Waals surface area contributed by atoms with Gasteiger partial charge in [-0.25, -0.2) is 14.8 Å². The quantitative estimate of drug-likeness (QED) is 0.653. The van der Waals surface area contributed by atoms with Gasteiger partial charge in [0, 0.05) is 49.0 Å². The fraction of sp³-hybridized carbons (Fsp3) is 0.500. The molecule has 9 heteroatoms. The van der Waals surface area contributed by atoms with Crippen LogP contribution in [0.2, 0.25) is 0 Å². The fourth-order valence-electron chi connectivity index (χ4n) is 4.14. The largest absolute Gasteiger partial charge is 0.377 e. The Balaban J connectivity index is 1.61. The van der Waals surface area contributed by atoms with Crippen LogP contribution in [0, 0.1) is 11.3 Å². The summed E-state index contributed by atoms with van der Waals surface area (Å²) in [5.41, 5.74) is 4.88. The average molecular weight is 450 g/mol. The van der Waals surface area contributed by atoms with Crippen LogP contribution in [-0.2, 0) is 17.8 Å². The molecule has 0 bridgehead atoms. The summed E-state index contributed by atoms with van der Waals surface area (Å²) < 4.78 is 5.60. The van der Waals surface area contributed by atoms with Gasteiger partial charge >= 0.3 is 6.03 Å². The van der Waals surface area contributed by atoms with Crippen LogP contribution in [0.4, 0.5) is 16.4 Å². The van der Waals surface area contributed by atoms with Gasteiger partial charge in [0.05, 0.1) is 43.1 Å². The molecule has 1 aromatic carbocycles. The van der Waals surface area contributed by atoms with Crippen LogP contribution < -0.4 is 15.5 Å². The van der Waals surface area contributed by atoms with Gasteiger partial charge in [-0.15, -0.1) is 0 Å². The molecule has 1 fully saturated rings. The molecule has 1 saturated heterocycles. The predicted molar refractivity (Wildman–Crippen MR) is 127 cm³/mol. The number of rotatable bonds is 6. The summed E-state index contributed by atoms with van der Waals surface area (Å²) in [6, 6.07) is 10.0. The topological polar surface area (TPSA) is 106 Å². The highest BCUT2D eigenvalue weighted by molar-refractivity contribution is 5.89. The molecule has 0 aliphatic carbocycles. The summed E-state index contributed by atoms with van der Waals surface area (Å²) in [7, 11) is 0. The standard InChI is InChI=1S/C24H31N7O2/c1-16(2)30-13-20-21(14-30)28-23(31-11-12-33-15-17(31)3)29-22(20)18-5-7-19(8-6-18)27-24(32)26-10-4-9-25/h5-8,16-17H,4,10-15H2,1-3H3,(H2,26,27,32)/t17-/m0/s1. The molecular weight excluding hydrogens is 418 g/mol. The van der Waals surface area contributed by atoms with E-state index in [0.717, 1.165) is 42.5 Å². The van der Waals surface area contributed by atoms with Gasteiger partial charge in [0.25, 0.3) is 0 Å². The first kappa shape index (κ1) is 23.0. The van der Waals surface area contributed by atoms with E-state index in [9.17, 15) is 4.79 Å². The summed E-state index contributed by atoms with van der Waals surface area (Å²) in [5, 5.41) is 14.1. The highest BCUT2D eigenvalue weighted by atomic mass is 16.5. The normalized spacial score (nSPS) is 18.2. The van der Waals surface area contributed by atoms with E-state index in [2.05, 4.69) is 41.2 Å². The Morgan fingerprint density at radius 1 is 1.27 bits per heavy atom. The Hall–Kier alpha value is -3.22. The van der Waals surface area contributed by atoms with E-state index in [-0.39, 0.29) is 18.5 Å². The van der Waals surface area contributed by atoms with Crippen molar-refractivity contribution in [1.29, 1.82) is 5.26 Å². The van der Waals surface area contributed by atoms with Crippen molar-refractivity contribution in [2.45, 2.75) is 52.4 Å². The molecule has 0 radical (unpaired) electrons. The Bertz CT molecular complexity index is 1030. The van der Waals surface area contributed by atoms with Crippen molar-refractivity contribution < 1.29 is 9.53 Å². The van der Waals surface area contributed by atoms with E-state index in [0.29, 0.717) is 31.5 Å². The first-order valence-corrected chi connectivity index (χ1v) is 11.5. The van der Waals surface area contributed by atoms with Gasteiger partial charge in [0.2, 0.25) is 5.95 Å². The van der Waals surface area contributed by atoms with Gasteiger partial charge in [-0.2, -0.15) is 5.26 Å². The van der Waals surface area contributed by atoms with Gasteiger partial charge in [0.15, 0.2) is 0 Å². The first-order valence-electron chi connectivity index (χ1n) is 11.5. The van der Waals surface area contributed by atoms with Crippen molar-refractivity contribution in [2.24, 2.45) is 0 Å². The summed E-state index contributed by atoms with van der Waals surface area (Å²) in [6.45, 7) is 10.6. The lowest BCUT2D eigenvalue weighted by Crippen LogP contribution is -2.44. The minimum absolute atomic E-state index is 0.221. The fourth-order valence-corrected chi connectivity index (χ4v) is 4.14. The van der Waals surface area contributed by atoms with Crippen molar-refractivity contribution in [3.8, 4) is 17.3 Å². The third-order valence-electron chi connectivity index (χ3n) is 6.09. The average Bonchev–Trinajstić information content (AvgIpc) is 3.24. The number of nitriles is 1. The van der Waals surface area contributed by atoms with Crippen molar-refractivity contribution in [2.75, 3.05) is 36.5 Å². The van der Waals surface area contributed by atoms with Gasteiger partial charge in [-0.1, -0.05) is 12.1 Å². The summed E-state index contributed by atoms with van der Waals surface area (Å²) in [6.07, 6.45) is 0.280. The number of hydrogen-bond donors (Lipinski definition) is 2. The smallest absolute Gasteiger partial charge is 0.319 e. The van der Waals surface area contributed by atoms with Gasteiger partial charge < -0.3 is 20.3 Å². The minimum atomic E-state index is -0.322. The number of hydrogen-bond acceptors (Lipinski definition) is 7. The molecule has 2 aromatic rings. The van der Waals surface area contributed by atoms with Crippen LogP contribution in [0.25, 0.3) is 11.3 Å². The van der Waals surface area contributed by atoms with E-state index in [1.165, 1.54) is 5.56 Å². The zero-order valence-electron chi connectivity index (χ0n) is 19.5. The number of morpholine rings is 1. The first-order chi connectivity index (χ1) is 16.0. The molecule has 0 saturated carbocycles. The number of carbonyl (C=O) groups excluding carboxylic acids is 1. The Kier molecular flexibility index (Phi) is 7.06. The Labute approximate surface area is 194 Å². The maximum atomic E-state index is 12.0. The molecule has 0 spiro atoms. The van der Waals surface area contributed by atoms with Crippen molar-refractivity contribution in [1.82, 2.24) is 20.2 Å². The number of nitrogens with zero attached hydrogens (tertiary/aromatic N) is 5. The zero-order chi connectivity index (χ0) is 23.4. The maximum Gasteiger partial charge on any atom is 0.319 e. The highest BCUT2D eigenvalue weighted by Crippen LogP contribution is 2.34. The molecule has 1 aromatic heterocycles. The molecule has 4 rings (SSSR count). The van der Waals surface area contributed by atoms with Crippen LogP contribution in [0.1, 0.15) is 38.4 Å². The SMILES string of the molecule is CC(C)N1Cc2nc(N3CCOC[C@@H]3C)nc(-c3ccc(NC(=O)NCCC#N)cc3)c2C1. The van der Waals surface area contributed by atoms with Crippen molar-refractivity contribution in [3.63, 3.8) is 0 Å². The van der Waals surface area contributed by atoms with Gasteiger partial charge in [0.1, 0.15) is 0 Å². The van der Waals surface area contributed by atoms with E-state index in [1.54, 1.807) is 0 Å². The second kappa shape index (κ2) is 10.1. The van der Waals surface area contributed by atoms with Gasteiger partial charge in [-0.3, -0.25) is 4.90 Å². The third kappa shape index (κ3) is 5.24. The number of fused-ring (bicyclic) bond motifs is 1. The lowest BCUT2D eigenvalue weighted by atomic mass is 10.1. The molecular formula is C24H31N7O2. The van der Waals surface area contributed by atoms with E-state index < -0.39 is 0 Å². The minimum Gasteiger partial charge on any atom is -0.377 e. The number of urea groups is 1. The van der Waals surface area contributed by atoms with Crippen LogP contribution >= 0.6 is 0 Å². The lowest BCUT2D eigenvalue weighted by molar-refractivity contribution is 0.0980. The molecule has 2 aliphatic heterocycles. The summed E-state index contributed by atoms with van der Waals surface area (Å²) in [4.78, 5) is 26.6. The lowest BCUT2D eigenvalue weighted by Gasteiger charge is -2.33. The molecule has 174 valence electrons. The molecule has 2 amide bonds. The monoisotopic (exact) mass is 449 g/mol. The van der Waals surface area contributed by atoms with Crippen molar-refractivity contribution >= 4 is 17.7 Å². The number of nitrogens with one attached hydrogen (secondary N) is 2. The molecule has 1 atom stereocenters. The Morgan fingerprint density at radius 2 is 2.06 bits per heavy atom. The highest BCUT2D eigenvalue weighted by Gasteiger charge is 2.30. The number of benzene rings is 1. The molecule has 0 unspecified atom stereocenters. The summed E-state index contributed by atoms with van der Waals surface area (Å²) in [5.74, 6) is 0.754. The second-order valence-electron chi connectivity index (χ2n) is 8.78. The van der Waals surface area contributed by atoms with Crippen LogP contribution in [0.3, 0.4) is 0 Å². The number of ether oxygens (including phenoxy) is 1. The number of carbonyl (C=O) groups is 1. The molecule has 3 heterocycles. The number of anilines is 2. The molecule has 2 N–H and O–H groups in total. The van der Waals surface area contributed by atoms with E-state index in [1.807, 2.05) is 30.3 Å². The van der Waals surface area contributed by atoms with Crippen LogP contribution in [0.5, 0.6) is 0 Å². The summed E-state index contributed by atoms with van der Waals surface area (Å²) >= 11 is 0. The maximum absolute atomic E-state index is 12.0. The third-order valence-corrected chi connectivity index (χ3v) is 6.09. The number of aromatic nitrogens is 2. The molecule has 9 nitrogen and oxygen atoms in total. The zero-order valence-corrected chi connectivity index (χ0v) is 19.5. The molecule has 33 heavy (non-hydrogen) atoms. The number of amides is 2. The molecule has 2 aliphatic rings. The second-order valence-corrected chi connectivity index (χ2v) is 8.78. The predicted octanol–water partition coefficient (Wildman–Crippen LogP) is 3.13. The van der Waals surface area contributed by atoms with Crippen molar-refractivity contribution in [3.05, 3.63) is 35.5 Å². The van der Waals surface area contributed by atoms with E-state index in [4.69, 9.17) is 20.0 Å². The van der Waals surface area contributed by atoms with Crippen LogP contribution in [0.15, 0.2) is 24.3 Å².